The minimum atomic E-state index is 0.0530. The summed E-state index contributed by atoms with van der Waals surface area (Å²) >= 11 is 0. The highest BCUT2D eigenvalue weighted by Gasteiger charge is 2.37. The molecule has 1 amide bonds. The molecule has 1 saturated carbocycles. The second-order valence-corrected chi connectivity index (χ2v) is 6.81. The van der Waals surface area contributed by atoms with Crippen LogP contribution < -0.4 is 0 Å². The van der Waals surface area contributed by atoms with Gasteiger partial charge in [0.05, 0.1) is 5.92 Å². The SMILES string of the molecule is O=C(c1ccc(-n2cccc2)cc1)N1CC(c2nc(C3CC3)no2)C1. The predicted molar refractivity (Wildman–Crippen MR) is 90.7 cm³/mol. The quantitative estimate of drug-likeness (QED) is 0.736. The highest BCUT2D eigenvalue weighted by Crippen LogP contribution is 2.39. The number of carbonyl (C=O) groups is 1. The number of benzene rings is 1. The molecule has 3 aromatic rings. The van der Waals surface area contributed by atoms with E-state index in [1.54, 1.807) is 0 Å². The van der Waals surface area contributed by atoms with Crippen molar-refractivity contribution in [2.45, 2.75) is 24.7 Å². The Kier molecular flexibility index (Phi) is 3.23. The van der Waals surface area contributed by atoms with Crippen LogP contribution in [0.15, 0.2) is 53.3 Å². The van der Waals surface area contributed by atoms with E-state index in [1.165, 1.54) is 0 Å². The molecule has 6 heteroatoms. The Hall–Kier alpha value is -2.89. The molecule has 0 atom stereocenters. The molecule has 3 heterocycles. The first kappa shape index (κ1) is 14.5. The number of hydrogen-bond acceptors (Lipinski definition) is 4. The molecule has 0 unspecified atom stereocenters. The summed E-state index contributed by atoms with van der Waals surface area (Å²) in [4.78, 5) is 18.9. The Balaban J connectivity index is 1.23. The molecule has 2 aromatic heterocycles. The lowest BCUT2D eigenvalue weighted by molar-refractivity contribution is 0.0569. The third-order valence-corrected chi connectivity index (χ3v) is 4.93. The van der Waals surface area contributed by atoms with Crippen molar-refractivity contribution in [3.8, 4) is 5.69 Å². The van der Waals surface area contributed by atoms with E-state index in [2.05, 4.69) is 10.1 Å². The number of carbonyl (C=O) groups excluding carboxylic acids is 1. The van der Waals surface area contributed by atoms with Crippen LogP contribution in [-0.2, 0) is 0 Å². The average Bonchev–Trinajstić information content (AvgIpc) is 3.10. The Morgan fingerprint density at radius 1 is 1.04 bits per heavy atom. The Labute approximate surface area is 145 Å². The summed E-state index contributed by atoms with van der Waals surface area (Å²) in [5.74, 6) is 2.23. The minimum Gasteiger partial charge on any atom is -0.339 e. The zero-order valence-electron chi connectivity index (χ0n) is 13.7. The molecule has 0 radical (unpaired) electrons. The van der Waals surface area contributed by atoms with Gasteiger partial charge in [0.2, 0.25) is 5.89 Å². The molecular weight excluding hydrogens is 316 g/mol. The summed E-state index contributed by atoms with van der Waals surface area (Å²) < 4.78 is 7.37. The summed E-state index contributed by atoms with van der Waals surface area (Å²) in [5.41, 5.74) is 1.75. The highest BCUT2D eigenvalue weighted by molar-refractivity contribution is 5.95. The molecule has 126 valence electrons. The molecule has 0 N–H and O–H groups in total. The van der Waals surface area contributed by atoms with Crippen molar-refractivity contribution in [3.05, 3.63) is 66.1 Å². The number of aromatic nitrogens is 3. The molecule has 1 saturated heterocycles. The number of hydrogen-bond donors (Lipinski definition) is 0. The molecule has 25 heavy (non-hydrogen) atoms. The monoisotopic (exact) mass is 334 g/mol. The van der Waals surface area contributed by atoms with Gasteiger partial charge < -0.3 is 14.0 Å². The van der Waals surface area contributed by atoms with Crippen LogP contribution in [0.25, 0.3) is 5.69 Å². The molecule has 1 aliphatic carbocycles. The van der Waals surface area contributed by atoms with E-state index in [9.17, 15) is 4.79 Å². The lowest BCUT2D eigenvalue weighted by Crippen LogP contribution is -2.48. The standard InChI is InChI=1S/C19H18N4O2/c24-19(14-5-7-16(8-6-14)22-9-1-2-10-22)23-11-15(12-23)18-20-17(21-25-18)13-3-4-13/h1-2,5-10,13,15H,3-4,11-12H2. The van der Waals surface area contributed by atoms with E-state index >= 15 is 0 Å². The van der Waals surface area contributed by atoms with Crippen molar-refractivity contribution in [2.75, 3.05) is 13.1 Å². The molecule has 0 bridgehead atoms. The second-order valence-electron chi connectivity index (χ2n) is 6.81. The van der Waals surface area contributed by atoms with Crippen LogP contribution >= 0.6 is 0 Å². The van der Waals surface area contributed by atoms with E-state index < -0.39 is 0 Å². The zero-order chi connectivity index (χ0) is 16.8. The number of nitrogens with zero attached hydrogens (tertiary/aromatic N) is 4. The van der Waals surface area contributed by atoms with Gasteiger partial charge in [-0.05, 0) is 49.2 Å². The predicted octanol–water partition coefficient (Wildman–Crippen LogP) is 2.98. The van der Waals surface area contributed by atoms with Crippen molar-refractivity contribution in [2.24, 2.45) is 0 Å². The van der Waals surface area contributed by atoms with Crippen LogP contribution in [-0.4, -0.2) is 38.6 Å². The van der Waals surface area contributed by atoms with Gasteiger partial charge in [0.1, 0.15) is 0 Å². The van der Waals surface area contributed by atoms with Gasteiger partial charge in [0.15, 0.2) is 5.82 Å². The molecule has 2 fully saturated rings. The van der Waals surface area contributed by atoms with Gasteiger partial charge in [0.25, 0.3) is 5.91 Å². The van der Waals surface area contributed by atoms with Crippen molar-refractivity contribution in [1.29, 1.82) is 0 Å². The third-order valence-electron chi connectivity index (χ3n) is 4.93. The topological polar surface area (TPSA) is 64.2 Å². The van der Waals surface area contributed by atoms with Crippen molar-refractivity contribution < 1.29 is 9.32 Å². The molecule has 1 aliphatic heterocycles. The largest absolute Gasteiger partial charge is 0.339 e. The Morgan fingerprint density at radius 3 is 2.44 bits per heavy atom. The van der Waals surface area contributed by atoms with Crippen molar-refractivity contribution >= 4 is 5.91 Å². The molecule has 6 nitrogen and oxygen atoms in total. The maximum absolute atomic E-state index is 12.6. The second kappa shape index (κ2) is 5.58. The first-order chi connectivity index (χ1) is 12.3. The fourth-order valence-corrected chi connectivity index (χ4v) is 3.19. The van der Waals surface area contributed by atoms with Gasteiger partial charge in [-0.15, -0.1) is 0 Å². The average molecular weight is 334 g/mol. The molecule has 1 aromatic carbocycles. The highest BCUT2D eigenvalue weighted by atomic mass is 16.5. The maximum Gasteiger partial charge on any atom is 0.253 e. The van der Waals surface area contributed by atoms with Crippen LogP contribution in [0, 0.1) is 0 Å². The summed E-state index contributed by atoms with van der Waals surface area (Å²) in [6, 6.07) is 11.6. The van der Waals surface area contributed by atoms with Crippen molar-refractivity contribution in [1.82, 2.24) is 19.6 Å². The fraction of sp³-hybridized carbons (Fsp3) is 0.316. The van der Waals surface area contributed by atoms with E-state index in [0.717, 1.165) is 24.4 Å². The van der Waals surface area contributed by atoms with Crippen LogP contribution in [0.3, 0.4) is 0 Å². The van der Waals surface area contributed by atoms with Crippen LogP contribution in [0.1, 0.15) is 46.8 Å². The number of rotatable bonds is 4. The van der Waals surface area contributed by atoms with Crippen LogP contribution in [0.4, 0.5) is 0 Å². The van der Waals surface area contributed by atoms with E-state index in [4.69, 9.17) is 4.52 Å². The number of likely N-dealkylation sites (tertiary alicyclic amines) is 1. The van der Waals surface area contributed by atoms with Gasteiger partial charge in [-0.2, -0.15) is 4.98 Å². The lowest BCUT2D eigenvalue weighted by Gasteiger charge is -2.37. The van der Waals surface area contributed by atoms with Gasteiger partial charge in [-0.25, -0.2) is 0 Å². The zero-order valence-corrected chi connectivity index (χ0v) is 13.7. The van der Waals surface area contributed by atoms with Gasteiger partial charge >= 0.3 is 0 Å². The fourth-order valence-electron chi connectivity index (χ4n) is 3.19. The molecule has 5 rings (SSSR count). The van der Waals surface area contributed by atoms with E-state index in [-0.39, 0.29) is 11.8 Å². The summed E-state index contributed by atoms with van der Waals surface area (Å²) in [5, 5.41) is 4.05. The first-order valence-corrected chi connectivity index (χ1v) is 8.64. The third kappa shape index (κ3) is 2.63. The smallest absolute Gasteiger partial charge is 0.253 e. The van der Waals surface area contributed by atoms with E-state index in [0.29, 0.717) is 30.5 Å². The van der Waals surface area contributed by atoms with Gasteiger partial charge in [0, 0.05) is 42.7 Å². The lowest BCUT2D eigenvalue weighted by atomic mass is 9.98. The van der Waals surface area contributed by atoms with Gasteiger partial charge in [-0.1, -0.05) is 5.16 Å². The van der Waals surface area contributed by atoms with E-state index in [1.807, 2.05) is 58.3 Å². The maximum atomic E-state index is 12.6. The molecular formula is C19H18N4O2. The van der Waals surface area contributed by atoms with Crippen LogP contribution in [0.5, 0.6) is 0 Å². The van der Waals surface area contributed by atoms with Gasteiger partial charge in [-0.3, -0.25) is 4.79 Å². The molecule has 2 aliphatic rings. The summed E-state index contributed by atoms with van der Waals surface area (Å²) in [6.45, 7) is 1.29. The molecule has 0 spiro atoms. The summed E-state index contributed by atoms with van der Waals surface area (Å²) in [6.07, 6.45) is 6.29. The Bertz CT molecular complexity index is 888. The number of amides is 1. The van der Waals surface area contributed by atoms with Crippen LogP contribution in [0.2, 0.25) is 0 Å². The van der Waals surface area contributed by atoms with Crippen molar-refractivity contribution in [3.63, 3.8) is 0 Å². The summed E-state index contributed by atoms with van der Waals surface area (Å²) in [7, 11) is 0. The minimum absolute atomic E-state index is 0.0530. The first-order valence-electron chi connectivity index (χ1n) is 8.64. The normalized spacial score (nSPS) is 17.5. The Morgan fingerprint density at radius 2 is 1.76 bits per heavy atom.